The van der Waals surface area contributed by atoms with Gasteiger partial charge in [-0.3, -0.25) is 9.79 Å². The van der Waals surface area contributed by atoms with Gasteiger partial charge in [-0.05, 0) is 29.9 Å². The molecule has 1 aliphatic rings. The first-order valence-electron chi connectivity index (χ1n) is 10.3. The van der Waals surface area contributed by atoms with Crippen molar-refractivity contribution in [3.05, 3.63) is 35.4 Å². The van der Waals surface area contributed by atoms with Crippen LogP contribution in [-0.2, 0) is 22.7 Å². The number of hydrogen-bond donors (Lipinski definition) is 3. The van der Waals surface area contributed by atoms with E-state index in [0.717, 1.165) is 18.4 Å². The zero-order valence-corrected chi connectivity index (χ0v) is 20.1. The summed E-state index contributed by atoms with van der Waals surface area (Å²) in [5.74, 6) is 1.25. The van der Waals surface area contributed by atoms with Gasteiger partial charge in [0.1, 0.15) is 6.61 Å². The normalized spacial score (nSPS) is 14.8. The van der Waals surface area contributed by atoms with Gasteiger partial charge in [-0.1, -0.05) is 37.1 Å². The van der Waals surface area contributed by atoms with E-state index in [1.165, 1.54) is 12.8 Å². The minimum atomic E-state index is -4.31. The molecule has 3 N–H and O–H groups in total. The molecule has 10 heteroatoms. The molecule has 1 amide bonds. The smallest absolute Gasteiger partial charge is 0.367 e. The number of carbonyl (C=O) groups is 1. The summed E-state index contributed by atoms with van der Waals surface area (Å²) >= 11 is 0. The van der Waals surface area contributed by atoms with Crippen LogP contribution in [0.1, 0.15) is 43.2 Å². The molecule has 1 fully saturated rings. The molecular formula is C21H32F3IN4O2. The van der Waals surface area contributed by atoms with Crippen LogP contribution in [0.3, 0.4) is 0 Å². The molecule has 1 aliphatic carbocycles. The zero-order chi connectivity index (χ0) is 21.8. The lowest BCUT2D eigenvalue weighted by atomic mass is 10.0. The summed E-state index contributed by atoms with van der Waals surface area (Å²) in [7, 11) is 1.66. The van der Waals surface area contributed by atoms with Crippen molar-refractivity contribution in [1.82, 2.24) is 16.0 Å². The van der Waals surface area contributed by atoms with Gasteiger partial charge in [-0.15, -0.1) is 24.0 Å². The number of carbonyl (C=O) groups excluding carboxylic acids is 1. The Balaban J connectivity index is 0.00000480. The van der Waals surface area contributed by atoms with Gasteiger partial charge in [0.25, 0.3) is 0 Å². The second-order valence-corrected chi connectivity index (χ2v) is 7.48. The van der Waals surface area contributed by atoms with Crippen LogP contribution in [-0.4, -0.2) is 44.8 Å². The Hall–Kier alpha value is -1.56. The molecular weight excluding hydrogens is 524 g/mol. The third kappa shape index (κ3) is 12.2. The van der Waals surface area contributed by atoms with Crippen LogP contribution in [0.15, 0.2) is 29.3 Å². The SMILES string of the molecule is CN=C(NCCNC(=O)CC1CCCC1)NCc1ccc(COCC(F)(F)F)cc1.I. The van der Waals surface area contributed by atoms with Gasteiger partial charge in [0.15, 0.2) is 5.96 Å². The number of alkyl halides is 3. The van der Waals surface area contributed by atoms with Crippen LogP contribution in [0, 0.1) is 5.92 Å². The van der Waals surface area contributed by atoms with Crippen molar-refractivity contribution in [2.24, 2.45) is 10.9 Å². The molecule has 0 radical (unpaired) electrons. The van der Waals surface area contributed by atoms with Gasteiger partial charge in [-0.25, -0.2) is 0 Å². The number of aliphatic imine (C=N–C) groups is 1. The highest BCUT2D eigenvalue weighted by atomic mass is 127. The molecule has 6 nitrogen and oxygen atoms in total. The number of benzene rings is 1. The van der Waals surface area contributed by atoms with Gasteiger partial charge in [-0.2, -0.15) is 13.2 Å². The maximum absolute atomic E-state index is 12.1. The predicted octanol–water partition coefficient (Wildman–Crippen LogP) is 3.75. The monoisotopic (exact) mass is 556 g/mol. The molecule has 0 aromatic heterocycles. The van der Waals surface area contributed by atoms with Crippen molar-refractivity contribution in [3.8, 4) is 0 Å². The zero-order valence-electron chi connectivity index (χ0n) is 17.8. The van der Waals surface area contributed by atoms with Crippen LogP contribution in [0.25, 0.3) is 0 Å². The van der Waals surface area contributed by atoms with Gasteiger partial charge in [0.2, 0.25) is 5.91 Å². The highest BCUT2D eigenvalue weighted by Gasteiger charge is 2.27. The molecule has 1 saturated carbocycles. The van der Waals surface area contributed by atoms with Crippen LogP contribution in [0.5, 0.6) is 0 Å². The predicted molar refractivity (Wildman–Crippen MR) is 125 cm³/mol. The fraction of sp³-hybridized carbons (Fsp3) is 0.619. The fourth-order valence-electron chi connectivity index (χ4n) is 3.38. The van der Waals surface area contributed by atoms with E-state index in [1.807, 2.05) is 12.1 Å². The fourth-order valence-corrected chi connectivity index (χ4v) is 3.38. The molecule has 31 heavy (non-hydrogen) atoms. The number of nitrogens with one attached hydrogen (secondary N) is 3. The molecule has 0 spiro atoms. The summed E-state index contributed by atoms with van der Waals surface area (Å²) in [5, 5.41) is 9.23. The van der Waals surface area contributed by atoms with E-state index in [9.17, 15) is 18.0 Å². The van der Waals surface area contributed by atoms with E-state index in [4.69, 9.17) is 0 Å². The maximum atomic E-state index is 12.1. The number of guanidine groups is 1. The first-order valence-corrected chi connectivity index (χ1v) is 10.3. The summed E-state index contributed by atoms with van der Waals surface area (Å²) in [6, 6.07) is 7.14. The molecule has 0 aliphatic heterocycles. The highest BCUT2D eigenvalue weighted by Crippen LogP contribution is 2.27. The molecule has 1 aromatic carbocycles. The Morgan fingerprint density at radius 1 is 1.06 bits per heavy atom. The first kappa shape index (κ1) is 27.5. The van der Waals surface area contributed by atoms with E-state index in [0.29, 0.717) is 43.5 Å². The van der Waals surface area contributed by atoms with Crippen LogP contribution in [0.4, 0.5) is 13.2 Å². The lowest BCUT2D eigenvalue weighted by Gasteiger charge is -2.13. The summed E-state index contributed by atoms with van der Waals surface area (Å²) in [6.07, 6.45) is 1.08. The Morgan fingerprint density at radius 3 is 2.29 bits per heavy atom. The van der Waals surface area contributed by atoms with Crippen LogP contribution < -0.4 is 16.0 Å². The van der Waals surface area contributed by atoms with Crippen molar-refractivity contribution >= 4 is 35.8 Å². The van der Waals surface area contributed by atoms with Gasteiger partial charge in [0, 0.05) is 33.1 Å². The standard InChI is InChI=1S/C21H31F3N4O2.HI/c1-25-20(27-11-10-26-19(29)12-16-4-2-3-5-16)28-13-17-6-8-18(9-7-17)14-30-15-21(22,23)24;/h6-9,16H,2-5,10-15H2,1H3,(H,26,29)(H2,25,27,28);1H. The van der Waals surface area contributed by atoms with Crippen LogP contribution >= 0.6 is 24.0 Å². The van der Waals surface area contributed by atoms with Gasteiger partial charge >= 0.3 is 6.18 Å². The number of nitrogens with zero attached hydrogens (tertiary/aromatic N) is 1. The van der Waals surface area contributed by atoms with Crippen molar-refractivity contribution in [2.45, 2.75) is 51.4 Å². The second-order valence-electron chi connectivity index (χ2n) is 7.48. The Bertz CT molecular complexity index is 678. The van der Waals surface area contributed by atoms with Crippen LogP contribution in [0.2, 0.25) is 0 Å². The number of ether oxygens (including phenoxy) is 1. The summed E-state index contributed by atoms with van der Waals surface area (Å²) in [5.41, 5.74) is 1.64. The number of rotatable bonds is 10. The average molecular weight is 556 g/mol. The molecule has 0 heterocycles. The van der Waals surface area contributed by atoms with Gasteiger partial charge in [0.05, 0.1) is 6.61 Å². The summed E-state index contributed by atoms with van der Waals surface area (Å²) < 4.78 is 40.9. The van der Waals surface area contributed by atoms with Crippen molar-refractivity contribution in [1.29, 1.82) is 0 Å². The maximum Gasteiger partial charge on any atom is 0.411 e. The van der Waals surface area contributed by atoms with Gasteiger partial charge < -0.3 is 20.7 Å². The largest absolute Gasteiger partial charge is 0.411 e. The number of amides is 1. The average Bonchev–Trinajstić information content (AvgIpc) is 3.20. The molecule has 1 aromatic rings. The van der Waals surface area contributed by atoms with E-state index in [-0.39, 0.29) is 36.5 Å². The van der Waals surface area contributed by atoms with E-state index in [2.05, 4.69) is 25.7 Å². The molecule has 0 unspecified atom stereocenters. The molecule has 0 saturated heterocycles. The topological polar surface area (TPSA) is 74.8 Å². The Labute approximate surface area is 198 Å². The minimum absolute atomic E-state index is 0. The third-order valence-corrected chi connectivity index (χ3v) is 4.93. The second kappa shape index (κ2) is 14.5. The number of hydrogen-bond acceptors (Lipinski definition) is 3. The van der Waals surface area contributed by atoms with Crippen molar-refractivity contribution in [2.75, 3.05) is 26.7 Å². The van der Waals surface area contributed by atoms with E-state index >= 15 is 0 Å². The minimum Gasteiger partial charge on any atom is -0.367 e. The summed E-state index contributed by atoms with van der Waals surface area (Å²) in [4.78, 5) is 16.1. The lowest BCUT2D eigenvalue weighted by Crippen LogP contribution is -2.41. The molecule has 0 bridgehead atoms. The molecule has 0 atom stereocenters. The lowest BCUT2D eigenvalue weighted by molar-refractivity contribution is -0.176. The van der Waals surface area contributed by atoms with E-state index < -0.39 is 12.8 Å². The Morgan fingerprint density at radius 2 is 1.68 bits per heavy atom. The third-order valence-electron chi connectivity index (χ3n) is 4.93. The number of halogens is 4. The van der Waals surface area contributed by atoms with E-state index in [1.54, 1.807) is 19.2 Å². The Kier molecular flexibility index (Phi) is 12.8. The first-order chi connectivity index (χ1) is 14.4. The van der Waals surface area contributed by atoms with Crippen molar-refractivity contribution in [3.63, 3.8) is 0 Å². The highest BCUT2D eigenvalue weighted by molar-refractivity contribution is 14.0. The molecule has 2 rings (SSSR count). The van der Waals surface area contributed by atoms with Crippen molar-refractivity contribution < 1.29 is 22.7 Å². The summed E-state index contributed by atoms with van der Waals surface area (Å²) in [6.45, 7) is 0.268. The molecule has 176 valence electrons. The quantitative estimate of drug-likeness (QED) is 0.178.